The van der Waals surface area contributed by atoms with Gasteiger partial charge >= 0.3 is 0 Å². The van der Waals surface area contributed by atoms with Crippen LogP contribution >= 0.6 is 0 Å². The second-order valence-corrected chi connectivity index (χ2v) is 6.85. The van der Waals surface area contributed by atoms with Crippen LogP contribution in [-0.4, -0.2) is 25.1 Å². The van der Waals surface area contributed by atoms with Gasteiger partial charge in [-0.25, -0.2) is 4.57 Å². The molecule has 4 rings (SSSR count). The molecule has 2 heterocycles. The van der Waals surface area contributed by atoms with E-state index in [1.54, 1.807) is 7.11 Å². The van der Waals surface area contributed by atoms with Crippen molar-refractivity contribution < 1.29 is 23.9 Å². The van der Waals surface area contributed by atoms with Crippen molar-refractivity contribution in [1.29, 1.82) is 0 Å². The van der Waals surface area contributed by atoms with Crippen molar-refractivity contribution in [2.45, 2.75) is 39.3 Å². The third-order valence-electron chi connectivity index (χ3n) is 5.43. The summed E-state index contributed by atoms with van der Waals surface area (Å²) in [5, 5.41) is 12.6. The smallest absolute Gasteiger partial charge is 0.231 e. The monoisotopic (exact) mass is 354 g/mol. The number of hydrogen-bond donors (Lipinski definition) is 1. The van der Waals surface area contributed by atoms with Crippen molar-refractivity contribution in [3.8, 4) is 11.5 Å². The lowest BCUT2D eigenvalue weighted by Gasteiger charge is -2.17. The van der Waals surface area contributed by atoms with Gasteiger partial charge in [-0.3, -0.25) is 0 Å². The summed E-state index contributed by atoms with van der Waals surface area (Å²) in [7, 11) is 1.63. The fraction of sp³-hybridized carbons (Fsp3) is 0.381. The van der Waals surface area contributed by atoms with E-state index >= 15 is 0 Å². The summed E-state index contributed by atoms with van der Waals surface area (Å²) in [5.41, 5.74) is 3.62. The summed E-state index contributed by atoms with van der Waals surface area (Å²) in [6, 6.07) is 6.08. The summed E-state index contributed by atoms with van der Waals surface area (Å²) >= 11 is 0. The Bertz CT molecular complexity index is 980. The highest BCUT2D eigenvalue weighted by Crippen LogP contribution is 2.32. The standard InChI is InChI=1S/C21H23NO4/c1-13-14(2)22(11-17-16(13)5-7-19(24-3)21(17)23)9-8-15-4-6-18-20(10-15)26-12-25-18/h4-6,10-11,19H,7-9,12H2,1-3H3/p+1. The molecule has 0 radical (unpaired) electrons. The second-order valence-electron chi connectivity index (χ2n) is 6.85. The van der Waals surface area contributed by atoms with Gasteiger partial charge in [0.2, 0.25) is 6.79 Å². The van der Waals surface area contributed by atoms with Crippen molar-refractivity contribution >= 4 is 11.8 Å². The molecule has 1 aromatic carbocycles. The molecule has 0 spiro atoms. The number of ether oxygens (including phenoxy) is 3. The van der Waals surface area contributed by atoms with E-state index in [0.29, 0.717) is 19.0 Å². The zero-order valence-corrected chi connectivity index (χ0v) is 15.4. The van der Waals surface area contributed by atoms with Crippen molar-refractivity contribution in [1.82, 2.24) is 0 Å². The van der Waals surface area contributed by atoms with E-state index in [1.165, 1.54) is 16.8 Å². The van der Waals surface area contributed by atoms with Gasteiger partial charge in [0.25, 0.3) is 0 Å². The maximum atomic E-state index is 10.6. The first-order valence-corrected chi connectivity index (χ1v) is 8.93. The van der Waals surface area contributed by atoms with Gasteiger partial charge in [-0.1, -0.05) is 12.1 Å². The molecular weight excluding hydrogens is 330 g/mol. The number of hydrogen-bond acceptors (Lipinski definition) is 4. The summed E-state index contributed by atoms with van der Waals surface area (Å²) < 4.78 is 18.4. The van der Waals surface area contributed by atoms with Gasteiger partial charge in [0, 0.05) is 26.0 Å². The fourth-order valence-electron chi connectivity index (χ4n) is 3.70. The van der Waals surface area contributed by atoms with E-state index in [2.05, 4.69) is 30.6 Å². The molecule has 1 aliphatic heterocycles. The molecule has 136 valence electrons. The SMILES string of the molecule is COC1CC=c2c(C)c(C)[n+](CCc3ccc4c(c3)OCO4)cc2=C1O. The maximum absolute atomic E-state index is 10.6. The van der Waals surface area contributed by atoms with Crippen LogP contribution in [0.25, 0.3) is 11.8 Å². The van der Waals surface area contributed by atoms with Crippen molar-refractivity contribution in [3.05, 3.63) is 51.7 Å². The van der Waals surface area contributed by atoms with Crippen LogP contribution in [0.1, 0.15) is 23.2 Å². The molecular formula is C21H24NO4+. The first-order valence-electron chi connectivity index (χ1n) is 8.93. The number of nitrogens with zero attached hydrogens (tertiary/aromatic N) is 1. The second kappa shape index (κ2) is 6.65. The van der Waals surface area contributed by atoms with Crippen molar-refractivity contribution in [2.24, 2.45) is 0 Å². The number of aliphatic hydroxyl groups is 1. The van der Waals surface area contributed by atoms with Gasteiger partial charge in [0.15, 0.2) is 29.9 Å². The lowest BCUT2D eigenvalue weighted by molar-refractivity contribution is -0.703. The molecule has 1 atom stereocenters. The minimum absolute atomic E-state index is 0.257. The predicted octanol–water partition coefficient (Wildman–Crippen LogP) is 1.43. The Morgan fingerprint density at radius 1 is 1.23 bits per heavy atom. The lowest BCUT2D eigenvalue weighted by Crippen LogP contribution is -2.50. The highest BCUT2D eigenvalue weighted by atomic mass is 16.7. The quantitative estimate of drug-likeness (QED) is 0.844. The van der Waals surface area contributed by atoms with Crippen LogP contribution in [0.2, 0.25) is 0 Å². The Morgan fingerprint density at radius 2 is 2.04 bits per heavy atom. The van der Waals surface area contributed by atoms with Gasteiger partial charge in [0.1, 0.15) is 11.9 Å². The predicted molar refractivity (Wildman–Crippen MR) is 97.5 cm³/mol. The summed E-state index contributed by atoms with van der Waals surface area (Å²) in [6.45, 7) is 5.36. The molecule has 1 aliphatic carbocycles. The van der Waals surface area contributed by atoms with Gasteiger partial charge in [-0.2, -0.15) is 0 Å². The molecule has 0 amide bonds. The molecule has 1 N–H and O–H groups in total. The highest BCUT2D eigenvalue weighted by Gasteiger charge is 2.22. The Balaban J connectivity index is 1.66. The van der Waals surface area contributed by atoms with Crippen LogP contribution in [0.5, 0.6) is 11.5 Å². The van der Waals surface area contributed by atoms with Crippen LogP contribution in [0, 0.1) is 13.8 Å². The summed E-state index contributed by atoms with van der Waals surface area (Å²) in [5.74, 6) is 1.95. The van der Waals surface area contributed by atoms with E-state index in [4.69, 9.17) is 14.2 Å². The topological polar surface area (TPSA) is 51.8 Å². The molecule has 2 aliphatic rings. The van der Waals surface area contributed by atoms with Crippen molar-refractivity contribution in [3.63, 3.8) is 0 Å². The molecule has 0 bridgehead atoms. The van der Waals surface area contributed by atoms with Crippen molar-refractivity contribution in [2.75, 3.05) is 13.9 Å². The van der Waals surface area contributed by atoms with Gasteiger partial charge in [-0.15, -0.1) is 0 Å². The molecule has 2 aromatic rings. The molecule has 1 unspecified atom stereocenters. The average molecular weight is 354 g/mol. The largest absolute Gasteiger partial charge is 0.509 e. The Morgan fingerprint density at radius 3 is 2.85 bits per heavy atom. The normalized spacial score (nSPS) is 17.8. The molecule has 5 nitrogen and oxygen atoms in total. The minimum Gasteiger partial charge on any atom is -0.509 e. The van der Waals surface area contributed by atoms with E-state index < -0.39 is 0 Å². The number of fused-ring (bicyclic) bond motifs is 2. The molecule has 1 aromatic heterocycles. The van der Waals surface area contributed by atoms with Crippen LogP contribution in [-0.2, 0) is 17.7 Å². The average Bonchev–Trinajstić information content (AvgIpc) is 3.12. The van der Waals surface area contributed by atoms with Gasteiger partial charge in [-0.05, 0) is 36.3 Å². The summed E-state index contributed by atoms with van der Waals surface area (Å²) in [4.78, 5) is 0. The van der Waals surface area contributed by atoms with E-state index in [0.717, 1.165) is 34.9 Å². The van der Waals surface area contributed by atoms with E-state index in [1.807, 2.05) is 18.3 Å². The maximum Gasteiger partial charge on any atom is 0.231 e. The molecule has 0 fully saturated rings. The number of aromatic nitrogens is 1. The number of benzene rings is 1. The van der Waals surface area contributed by atoms with Crippen LogP contribution in [0.3, 0.4) is 0 Å². The Labute approximate surface area is 152 Å². The van der Waals surface area contributed by atoms with Gasteiger partial charge < -0.3 is 19.3 Å². The fourth-order valence-corrected chi connectivity index (χ4v) is 3.70. The first-order chi connectivity index (χ1) is 12.6. The zero-order valence-electron chi connectivity index (χ0n) is 15.4. The van der Waals surface area contributed by atoms with Crippen LogP contribution < -0.4 is 24.5 Å². The zero-order chi connectivity index (χ0) is 18.3. The number of aryl methyl sites for hydroxylation is 2. The summed E-state index contributed by atoms with van der Waals surface area (Å²) in [6.07, 6.45) is 5.53. The van der Waals surface area contributed by atoms with E-state index in [9.17, 15) is 5.11 Å². The van der Waals surface area contributed by atoms with Crippen LogP contribution in [0.15, 0.2) is 24.4 Å². The number of pyridine rings is 1. The molecule has 0 saturated carbocycles. The van der Waals surface area contributed by atoms with Gasteiger partial charge in [0.05, 0.1) is 5.22 Å². The number of aliphatic hydroxyl groups excluding tert-OH is 1. The Hall–Kier alpha value is -2.53. The molecule has 26 heavy (non-hydrogen) atoms. The molecule has 0 saturated heterocycles. The minimum atomic E-state index is -0.257. The number of methoxy groups -OCH3 is 1. The third-order valence-corrected chi connectivity index (χ3v) is 5.43. The first kappa shape index (κ1) is 16.9. The number of rotatable bonds is 4. The highest BCUT2D eigenvalue weighted by molar-refractivity contribution is 5.49. The van der Waals surface area contributed by atoms with E-state index in [-0.39, 0.29) is 6.10 Å². The van der Waals surface area contributed by atoms with Crippen LogP contribution in [0.4, 0.5) is 0 Å². The Kier molecular flexibility index (Phi) is 4.32. The molecule has 5 heteroatoms. The lowest BCUT2D eigenvalue weighted by atomic mass is 10.0. The third kappa shape index (κ3) is 2.82.